The highest BCUT2D eigenvalue weighted by atomic mass is 16.5. The van der Waals surface area contributed by atoms with Crippen LogP contribution >= 0.6 is 0 Å². The Morgan fingerprint density at radius 1 is 1.00 bits per heavy atom. The fourth-order valence-electron chi connectivity index (χ4n) is 2.03. The van der Waals surface area contributed by atoms with Crippen LogP contribution in [0.5, 0.6) is 11.5 Å². The highest BCUT2D eigenvalue weighted by Crippen LogP contribution is 2.22. The van der Waals surface area contributed by atoms with Crippen LogP contribution in [0, 0.1) is 5.41 Å². The Labute approximate surface area is 155 Å². The molecule has 0 fully saturated rings. The maximum absolute atomic E-state index is 11.7. The third kappa shape index (κ3) is 5.77. The minimum Gasteiger partial charge on any atom is -0.461 e. The quantitative estimate of drug-likeness (QED) is 0.448. The third-order valence-corrected chi connectivity index (χ3v) is 3.40. The van der Waals surface area contributed by atoms with Crippen molar-refractivity contribution in [3.8, 4) is 11.5 Å². The topological polar surface area (TPSA) is 85.4 Å². The molecule has 0 aromatic heterocycles. The van der Waals surface area contributed by atoms with E-state index in [1.54, 1.807) is 38.1 Å². The van der Waals surface area contributed by atoms with Gasteiger partial charge in [0.25, 0.3) is 0 Å². The van der Waals surface area contributed by atoms with Crippen LogP contribution in [0.2, 0.25) is 0 Å². The van der Waals surface area contributed by atoms with Gasteiger partial charge in [0.2, 0.25) is 0 Å². The van der Waals surface area contributed by atoms with E-state index in [0.29, 0.717) is 16.9 Å². The largest absolute Gasteiger partial charge is 0.461 e. The Hall–Kier alpha value is -3.08. The lowest BCUT2D eigenvalue weighted by Gasteiger charge is -2.10. The van der Waals surface area contributed by atoms with E-state index in [4.69, 9.17) is 20.6 Å². The van der Waals surface area contributed by atoms with E-state index in [1.165, 1.54) is 0 Å². The molecule has 5 nitrogen and oxygen atoms in total. The molecule has 0 amide bonds. The Bertz CT molecular complexity index is 751. The summed E-state index contributed by atoms with van der Waals surface area (Å²) in [6.07, 6.45) is 0. The first-order chi connectivity index (χ1) is 12.5. The lowest BCUT2D eigenvalue weighted by atomic mass is 10.0. The van der Waals surface area contributed by atoms with Gasteiger partial charge in [-0.1, -0.05) is 32.0 Å². The van der Waals surface area contributed by atoms with Crippen LogP contribution < -0.4 is 10.5 Å². The predicted octanol–water partition coefficient (Wildman–Crippen LogP) is 4.67. The normalized spacial score (nSPS) is 10.8. The van der Waals surface area contributed by atoms with Crippen molar-refractivity contribution in [2.75, 3.05) is 6.61 Å². The minimum absolute atomic E-state index is 0.0496. The first-order valence-electron chi connectivity index (χ1n) is 8.58. The van der Waals surface area contributed by atoms with E-state index in [9.17, 15) is 4.79 Å². The van der Waals surface area contributed by atoms with Crippen molar-refractivity contribution < 1.29 is 14.3 Å². The molecule has 0 spiro atoms. The summed E-state index contributed by atoms with van der Waals surface area (Å²) < 4.78 is 10.6. The van der Waals surface area contributed by atoms with Crippen molar-refractivity contribution in [2.45, 2.75) is 27.7 Å². The number of hydrogen-bond donors (Lipinski definition) is 2. The smallest absolute Gasteiger partial charge is 0.354 e. The minimum atomic E-state index is -0.608. The molecule has 0 bridgehead atoms. The Morgan fingerprint density at radius 3 is 2.08 bits per heavy atom. The van der Waals surface area contributed by atoms with Gasteiger partial charge in [-0.2, -0.15) is 0 Å². The second-order valence-corrected chi connectivity index (χ2v) is 5.07. The maximum Gasteiger partial charge on any atom is 0.354 e. The second-order valence-electron chi connectivity index (χ2n) is 5.07. The molecule has 0 radical (unpaired) electrons. The molecule has 0 unspecified atom stereocenters. The number of benzene rings is 2. The molecule has 2 rings (SSSR count). The maximum atomic E-state index is 11.7. The van der Waals surface area contributed by atoms with Crippen LogP contribution in [0.1, 0.15) is 33.3 Å². The van der Waals surface area contributed by atoms with Gasteiger partial charge in [0.05, 0.1) is 12.3 Å². The van der Waals surface area contributed by atoms with Crippen molar-refractivity contribution >= 4 is 11.7 Å². The van der Waals surface area contributed by atoms with Crippen LogP contribution in [0.3, 0.4) is 0 Å². The van der Waals surface area contributed by atoms with Crippen LogP contribution in [0.4, 0.5) is 0 Å². The molecule has 3 N–H and O–H groups in total. The zero-order valence-corrected chi connectivity index (χ0v) is 15.7. The summed E-state index contributed by atoms with van der Waals surface area (Å²) in [4.78, 5) is 11.7. The van der Waals surface area contributed by atoms with Crippen molar-refractivity contribution in [3.05, 3.63) is 71.4 Å². The molecule has 2 aromatic rings. The average Bonchev–Trinajstić information content (AvgIpc) is 2.69. The van der Waals surface area contributed by atoms with Gasteiger partial charge >= 0.3 is 5.97 Å². The van der Waals surface area contributed by atoms with E-state index in [2.05, 4.69) is 0 Å². The number of allylic oxidation sites excluding steroid dienone is 1. The zero-order chi connectivity index (χ0) is 19.5. The number of carbonyl (C=O) groups excluding carboxylic acids is 1. The lowest BCUT2D eigenvalue weighted by molar-refractivity contribution is -0.138. The summed E-state index contributed by atoms with van der Waals surface area (Å²) in [5.41, 5.74) is 6.90. The summed E-state index contributed by atoms with van der Waals surface area (Å²) in [6, 6.07) is 16.5. The SMILES string of the molecule is CC.CCOC(=O)/C(N)=C(\C)C(=N)c1ccc(Oc2ccccc2)cc1. The van der Waals surface area contributed by atoms with Gasteiger partial charge in [-0.15, -0.1) is 0 Å². The molecule has 138 valence electrons. The van der Waals surface area contributed by atoms with Gasteiger partial charge in [0.1, 0.15) is 17.2 Å². The van der Waals surface area contributed by atoms with Crippen molar-refractivity contribution in [1.29, 1.82) is 5.41 Å². The second kappa shape index (κ2) is 10.7. The Kier molecular flexibility index (Phi) is 8.64. The Balaban J connectivity index is 0.00000163. The highest BCUT2D eigenvalue weighted by molar-refractivity contribution is 6.13. The Morgan fingerprint density at radius 2 is 1.54 bits per heavy atom. The van der Waals surface area contributed by atoms with Gasteiger partial charge in [0.15, 0.2) is 0 Å². The fraction of sp³-hybridized carbons (Fsp3) is 0.238. The van der Waals surface area contributed by atoms with Crippen molar-refractivity contribution in [3.63, 3.8) is 0 Å². The summed E-state index contributed by atoms with van der Waals surface area (Å²) >= 11 is 0. The van der Waals surface area contributed by atoms with Gasteiger partial charge in [-0.3, -0.25) is 5.41 Å². The van der Waals surface area contributed by atoms with Gasteiger partial charge in [-0.25, -0.2) is 4.79 Å². The number of nitrogens with two attached hydrogens (primary N) is 1. The van der Waals surface area contributed by atoms with E-state index in [0.717, 1.165) is 5.75 Å². The van der Waals surface area contributed by atoms with Gasteiger partial charge < -0.3 is 15.2 Å². The molecule has 0 aliphatic carbocycles. The van der Waals surface area contributed by atoms with Gasteiger partial charge in [-0.05, 0) is 50.2 Å². The van der Waals surface area contributed by atoms with Gasteiger partial charge in [0, 0.05) is 11.1 Å². The molecule has 0 saturated heterocycles. The summed E-state index contributed by atoms with van der Waals surface area (Å²) in [5.74, 6) is 0.796. The molecule has 2 aromatic carbocycles. The molecular formula is C21H26N2O3. The number of carbonyl (C=O) groups is 1. The third-order valence-electron chi connectivity index (χ3n) is 3.40. The van der Waals surface area contributed by atoms with Crippen LogP contribution in [-0.4, -0.2) is 18.3 Å². The van der Waals surface area contributed by atoms with Crippen LogP contribution in [-0.2, 0) is 9.53 Å². The molecule has 0 atom stereocenters. The number of rotatable bonds is 6. The molecule has 0 aliphatic rings. The zero-order valence-electron chi connectivity index (χ0n) is 15.7. The molecule has 0 aliphatic heterocycles. The molecule has 0 heterocycles. The first kappa shape index (κ1) is 21.0. The molecule has 26 heavy (non-hydrogen) atoms. The summed E-state index contributed by atoms with van der Waals surface area (Å²) in [7, 11) is 0. The van der Waals surface area contributed by atoms with Crippen molar-refractivity contribution in [2.24, 2.45) is 5.73 Å². The molecule has 0 saturated carbocycles. The number of ether oxygens (including phenoxy) is 2. The van der Waals surface area contributed by atoms with Crippen LogP contribution in [0.25, 0.3) is 0 Å². The average molecular weight is 354 g/mol. The lowest BCUT2D eigenvalue weighted by Crippen LogP contribution is -2.19. The summed E-state index contributed by atoms with van der Waals surface area (Å²) in [5, 5.41) is 8.20. The summed E-state index contributed by atoms with van der Waals surface area (Å²) in [6.45, 7) is 7.58. The number of nitrogens with one attached hydrogen (secondary N) is 1. The van der Waals surface area contributed by atoms with E-state index in [1.807, 2.05) is 44.2 Å². The van der Waals surface area contributed by atoms with Crippen molar-refractivity contribution in [1.82, 2.24) is 0 Å². The van der Waals surface area contributed by atoms with Crippen LogP contribution in [0.15, 0.2) is 65.9 Å². The predicted molar refractivity (Wildman–Crippen MR) is 105 cm³/mol. The van der Waals surface area contributed by atoms with E-state index < -0.39 is 5.97 Å². The number of para-hydroxylation sites is 1. The fourth-order valence-corrected chi connectivity index (χ4v) is 2.03. The standard InChI is InChI=1S/C19H20N2O3.C2H6/c1-3-23-19(22)18(21)13(2)17(20)14-9-11-16(12-10-14)24-15-7-5-4-6-8-15;1-2/h4-12,20H,3,21H2,1-2H3;1-2H3/b18-13-,20-17?;. The number of esters is 1. The monoisotopic (exact) mass is 354 g/mol. The highest BCUT2D eigenvalue weighted by Gasteiger charge is 2.14. The van der Waals surface area contributed by atoms with E-state index >= 15 is 0 Å². The molecular weight excluding hydrogens is 328 g/mol. The molecule has 5 heteroatoms. The van der Waals surface area contributed by atoms with E-state index in [-0.39, 0.29) is 18.0 Å². The first-order valence-corrected chi connectivity index (χ1v) is 8.58. The number of hydrogen-bond acceptors (Lipinski definition) is 5.